The summed E-state index contributed by atoms with van der Waals surface area (Å²) in [7, 11) is 0. The first-order valence-electron chi connectivity index (χ1n) is 7.84. The van der Waals surface area contributed by atoms with Crippen molar-refractivity contribution in [2.75, 3.05) is 19.6 Å². The number of amides is 2. The predicted octanol–water partition coefficient (Wildman–Crippen LogP) is 2.44. The van der Waals surface area contributed by atoms with Crippen LogP contribution in [0.3, 0.4) is 0 Å². The van der Waals surface area contributed by atoms with Crippen molar-refractivity contribution in [1.82, 2.24) is 9.80 Å². The van der Waals surface area contributed by atoms with Gasteiger partial charge in [-0.25, -0.2) is 0 Å². The highest BCUT2D eigenvalue weighted by Gasteiger charge is 2.53. The summed E-state index contributed by atoms with van der Waals surface area (Å²) >= 11 is 0. The van der Waals surface area contributed by atoms with Gasteiger partial charge in [0.05, 0.1) is 11.8 Å². The fourth-order valence-corrected chi connectivity index (χ4v) is 3.44. The molecule has 0 radical (unpaired) electrons. The van der Waals surface area contributed by atoms with E-state index in [1.807, 2.05) is 29.2 Å². The maximum atomic E-state index is 12.9. The van der Waals surface area contributed by atoms with Gasteiger partial charge in [0.15, 0.2) is 0 Å². The van der Waals surface area contributed by atoms with E-state index in [0.717, 1.165) is 23.8 Å². The second-order valence-electron chi connectivity index (χ2n) is 6.32. The minimum absolute atomic E-state index is 0.0382. The topological polar surface area (TPSA) is 53.8 Å². The third-order valence-corrected chi connectivity index (χ3v) is 4.91. The molecule has 1 aliphatic carbocycles. The van der Waals surface area contributed by atoms with Crippen LogP contribution in [0.15, 0.2) is 47.6 Å². The van der Waals surface area contributed by atoms with Gasteiger partial charge in [-0.2, -0.15) is 0 Å². The molecule has 2 amide bonds. The van der Waals surface area contributed by atoms with E-state index in [9.17, 15) is 9.59 Å². The molecular formula is C18H18N2O3. The molecule has 1 saturated heterocycles. The summed E-state index contributed by atoms with van der Waals surface area (Å²) in [5.41, 5.74) is 1.28. The highest BCUT2D eigenvalue weighted by Crippen LogP contribution is 2.45. The number of hydrogen-bond donors (Lipinski definition) is 0. The Labute approximate surface area is 134 Å². The fourth-order valence-electron chi connectivity index (χ4n) is 3.44. The largest absolute Gasteiger partial charge is 0.464 e. The first-order valence-corrected chi connectivity index (χ1v) is 7.84. The van der Waals surface area contributed by atoms with Gasteiger partial charge in [-0.3, -0.25) is 9.59 Å². The number of fused-ring (bicyclic) bond motifs is 1. The minimum Gasteiger partial charge on any atom is -0.464 e. The molecule has 23 heavy (non-hydrogen) atoms. The van der Waals surface area contributed by atoms with Gasteiger partial charge in [-0.1, -0.05) is 6.58 Å². The van der Waals surface area contributed by atoms with Crippen LogP contribution in [0.5, 0.6) is 0 Å². The van der Waals surface area contributed by atoms with Gasteiger partial charge >= 0.3 is 0 Å². The van der Waals surface area contributed by atoms with Crippen molar-refractivity contribution in [3.05, 3.63) is 48.7 Å². The standard InChI is InChI=1S/C18H18N2O3/c1-2-16(21)19-8-9-20(18(12-19)6-7-18)17(22)14-3-4-15-13(11-14)5-10-23-15/h2-5,10-11H,1,6-9,12H2. The van der Waals surface area contributed by atoms with Crippen molar-refractivity contribution in [1.29, 1.82) is 0 Å². The van der Waals surface area contributed by atoms with Gasteiger partial charge in [-0.05, 0) is 43.2 Å². The average Bonchev–Trinajstić information content (AvgIpc) is 3.17. The Morgan fingerprint density at radius 2 is 2.04 bits per heavy atom. The lowest BCUT2D eigenvalue weighted by molar-refractivity contribution is -0.129. The fraction of sp³-hybridized carbons (Fsp3) is 0.333. The predicted molar refractivity (Wildman–Crippen MR) is 86.0 cm³/mol. The van der Waals surface area contributed by atoms with E-state index < -0.39 is 0 Å². The molecule has 1 aliphatic heterocycles. The number of carbonyl (C=O) groups excluding carboxylic acids is 2. The summed E-state index contributed by atoms with van der Waals surface area (Å²) in [6.07, 6.45) is 4.88. The minimum atomic E-state index is -0.181. The summed E-state index contributed by atoms with van der Waals surface area (Å²) in [5, 5.41) is 0.932. The molecule has 1 saturated carbocycles. The molecule has 0 bridgehead atoms. The van der Waals surface area contributed by atoms with Gasteiger partial charge in [0, 0.05) is 30.6 Å². The number of carbonyl (C=O) groups is 2. The molecule has 2 heterocycles. The normalized spacial score (nSPS) is 19.1. The second-order valence-corrected chi connectivity index (χ2v) is 6.32. The van der Waals surface area contributed by atoms with Crippen LogP contribution in [0, 0.1) is 0 Å². The van der Waals surface area contributed by atoms with Crippen LogP contribution in [0.25, 0.3) is 11.0 Å². The smallest absolute Gasteiger partial charge is 0.254 e. The quantitative estimate of drug-likeness (QED) is 0.801. The zero-order chi connectivity index (χ0) is 16.0. The molecule has 0 N–H and O–H groups in total. The van der Waals surface area contributed by atoms with Gasteiger partial charge in [-0.15, -0.1) is 0 Å². The highest BCUT2D eigenvalue weighted by atomic mass is 16.3. The molecule has 2 aliphatic rings. The first kappa shape index (κ1) is 14.1. The van der Waals surface area contributed by atoms with Crippen LogP contribution in [0.1, 0.15) is 23.2 Å². The van der Waals surface area contributed by atoms with Crippen molar-refractivity contribution in [2.24, 2.45) is 0 Å². The monoisotopic (exact) mass is 310 g/mol. The molecule has 1 spiro atoms. The Hall–Kier alpha value is -2.56. The molecule has 2 aromatic rings. The lowest BCUT2D eigenvalue weighted by atomic mass is 10.1. The molecule has 0 unspecified atom stereocenters. The van der Waals surface area contributed by atoms with Crippen LogP contribution in [-0.4, -0.2) is 46.8 Å². The van der Waals surface area contributed by atoms with E-state index in [1.165, 1.54) is 6.08 Å². The zero-order valence-corrected chi connectivity index (χ0v) is 12.8. The lowest BCUT2D eigenvalue weighted by Crippen LogP contribution is -2.58. The molecule has 4 rings (SSSR count). The average molecular weight is 310 g/mol. The number of benzene rings is 1. The lowest BCUT2D eigenvalue weighted by Gasteiger charge is -2.42. The van der Waals surface area contributed by atoms with Crippen molar-refractivity contribution >= 4 is 22.8 Å². The molecule has 5 heteroatoms. The van der Waals surface area contributed by atoms with Gasteiger partial charge < -0.3 is 14.2 Å². The number of hydrogen-bond acceptors (Lipinski definition) is 3. The third kappa shape index (κ3) is 2.23. The number of furan rings is 1. The van der Waals surface area contributed by atoms with Gasteiger partial charge in [0.1, 0.15) is 5.58 Å². The number of piperazine rings is 1. The summed E-state index contributed by atoms with van der Waals surface area (Å²) in [6.45, 7) is 5.29. The summed E-state index contributed by atoms with van der Waals surface area (Å²) in [5.74, 6) is -0.0144. The van der Waals surface area contributed by atoms with Crippen LogP contribution in [0.2, 0.25) is 0 Å². The van der Waals surface area contributed by atoms with Crippen molar-refractivity contribution < 1.29 is 14.0 Å². The van der Waals surface area contributed by atoms with E-state index in [4.69, 9.17) is 4.42 Å². The molecular weight excluding hydrogens is 292 g/mol. The zero-order valence-electron chi connectivity index (χ0n) is 12.8. The molecule has 118 valence electrons. The highest BCUT2D eigenvalue weighted by molar-refractivity contribution is 5.98. The Morgan fingerprint density at radius 1 is 1.22 bits per heavy atom. The first-order chi connectivity index (χ1) is 11.1. The summed E-state index contributed by atoms with van der Waals surface area (Å²) in [4.78, 5) is 28.5. The Morgan fingerprint density at radius 3 is 2.78 bits per heavy atom. The molecule has 0 atom stereocenters. The molecule has 5 nitrogen and oxygen atoms in total. The Balaban J connectivity index is 1.59. The van der Waals surface area contributed by atoms with E-state index in [-0.39, 0.29) is 17.4 Å². The van der Waals surface area contributed by atoms with Crippen molar-refractivity contribution in [3.8, 4) is 0 Å². The molecule has 2 fully saturated rings. The van der Waals surface area contributed by atoms with Crippen molar-refractivity contribution in [3.63, 3.8) is 0 Å². The maximum Gasteiger partial charge on any atom is 0.254 e. The summed E-state index contributed by atoms with van der Waals surface area (Å²) in [6, 6.07) is 7.38. The summed E-state index contributed by atoms with van der Waals surface area (Å²) < 4.78 is 5.33. The Bertz CT molecular complexity index is 803. The van der Waals surface area contributed by atoms with E-state index >= 15 is 0 Å². The van der Waals surface area contributed by atoms with Crippen molar-refractivity contribution in [2.45, 2.75) is 18.4 Å². The molecule has 1 aromatic carbocycles. The van der Waals surface area contributed by atoms with Crippen LogP contribution in [-0.2, 0) is 4.79 Å². The third-order valence-electron chi connectivity index (χ3n) is 4.91. The number of nitrogens with zero attached hydrogens (tertiary/aromatic N) is 2. The molecule has 1 aromatic heterocycles. The maximum absolute atomic E-state index is 12.9. The van der Waals surface area contributed by atoms with E-state index in [0.29, 0.717) is 25.2 Å². The van der Waals surface area contributed by atoms with E-state index in [2.05, 4.69) is 6.58 Å². The number of rotatable bonds is 2. The van der Waals surface area contributed by atoms with Crippen LogP contribution in [0.4, 0.5) is 0 Å². The SMILES string of the molecule is C=CC(=O)N1CCN(C(=O)c2ccc3occc3c2)C2(CC2)C1. The second kappa shape index (κ2) is 4.98. The van der Waals surface area contributed by atoms with E-state index in [1.54, 1.807) is 11.2 Å². The van der Waals surface area contributed by atoms with Crippen LogP contribution >= 0.6 is 0 Å². The van der Waals surface area contributed by atoms with Gasteiger partial charge in [0.2, 0.25) is 5.91 Å². The Kier molecular flexibility index (Phi) is 3.04. The van der Waals surface area contributed by atoms with Crippen LogP contribution < -0.4 is 0 Å². The van der Waals surface area contributed by atoms with Gasteiger partial charge in [0.25, 0.3) is 5.91 Å².